The molecule has 0 aliphatic carbocycles. The van der Waals surface area contributed by atoms with Crippen molar-refractivity contribution in [2.24, 2.45) is 5.73 Å². The van der Waals surface area contributed by atoms with E-state index in [4.69, 9.17) is 5.73 Å². The third kappa shape index (κ3) is 2.96. The Morgan fingerprint density at radius 3 is 2.41 bits per heavy atom. The summed E-state index contributed by atoms with van der Waals surface area (Å²) in [5.74, 6) is 0. The van der Waals surface area contributed by atoms with Crippen molar-refractivity contribution in [2.45, 2.75) is 19.4 Å². The number of aryl methyl sites for hydroxylation is 1. The number of hydrogen-bond acceptors (Lipinski definition) is 1. The van der Waals surface area contributed by atoms with E-state index in [-0.39, 0.29) is 6.04 Å². The first-order valence-electron chi connectivity index (χ1n) is 5.73. The first kappa shape index (κ1) is 12.3. The number of nitrogens with two attached hydrogens (primary N) is 1. The van der Waals surface area contributed by atoms with Gasteiger partial charge in [0.25, 0.3) is 0 Å². The van der Waals surface area contributed by atoms with Crippen molar-refractivity contribution < 1.29 is 0 Å². The van der Waals surface area contributed by atoms with Gasteiger partial charge in [0, 0.05) is 10.5 Å². The predicted molar refractivity (Wildman–Crippen MR) is 76.0 cm³/mol. The molecule has 0 amide bonds. The lowest BCUT2D eigenvalue weighted by atomic mass is 9.96. The highest BCUT2D eigenvalue weighted by Crippen LogP contribution is 2.23. The molecule has 1 unspecified atom stereocenters. The van der Waals surface area contributed by atoms with E-state index in [2.05, 4.69) is 47.1 Å². The highest BCUT2D eigenvalue weighted by molar-refractivity contribution is 9.10. The molecule has 0 saturated carbocycles. The van der Waals surface area contributed by atoms with Gasteiger partial charge >= 0.3 is 0 Å². The summed E-state index contributed by atoms with van der Waals surface area (Å²) < 4.78 is 1.13. The van der Waals surface area contributed by atoms with Crippen LogP contribution in [0, 0.1) is 6.92 Å². The second kappa shape index (κ2) is 5.48. The first-order chi connectivity index (χ1) is 8.18. The van der Waals surface area contributed by atoms with E-state index in [0.29, 0.717) is 0 Å². The molecule has 0 aliphatic heterocycles. The van der Waals surface area contributed by atoms with Crippen LogP contribution in [0.3, 0.4) is 0 Å². The normalized spacial score (nSPS) is 12.4. The number of hydrogen-bond donors (Lipinski definition) is 1. The molecule has 0 spiro atoms. The van der Waals surface area contributed by atoms with E-state index in [0.717, 1.165) is 10.9 Å². The van der Waals surface area contributed by atoms with Gasteiger partial charge in [0.05, 0.1) is 0 Å². The smallest absolute Gasteiger partial charge is 0.0338 e. The topological polar surface area (TPSA) is 26.0 Å². The zero-order chi connectivity index (χ0) is 12.3. The summed E-state index contributed by atoms with van der Waals surface area (Å²) in [7, 11) is 0. The molecule has 2 N–H and O–H groups in total. The molecular weight excluding hydrogens is 274 g/mol. The molecule has 0 heterocycles. The van der Waals surface area contributed by atoms with Crippen LogP contribution in [0.25, 0.3) is 0 Å². The van der Waals surface area contributed by atoms with Gasteiger partial charge in [0.15, 0.2) is 0 Å². The third-order valence-corrected chi connectivity index (χ3v) is 3.76. The Balaban J connectivity index is 2.20. The summed E-state index contributed by atoms with van der Waals surface area (Å²) in [5, 5.41) is 0. The van der Waals surface area contributed by atoms with E-state index < -0.39 is 0 Å². The molecule has 0 radical (unpaired) electrons. The first-order valence-corrected chi connectivity index (χ1v) is 6.52. The largest absolute Gasteiger partial charge is 0.324 e. The molecule has 0 aromatic heterocycles. The van der Waals surface area contributed by atoms with Crippen LogP contribution in [0.4, 0.5) is 0 Å². The van der Waals surface area contributed by atoms with E-state index >= 15 is 0 Å². The van der Waals surface area contributed by atoms with Crippen molar-refractivity contribution in [3.8, 4) is 0 Å². The van der Waals surface area contributed by atoms with Crippen molar-refractivity contribution in [1.82, 2.24) is 0 Å². The van der Waals surface area contributed by atoms with Gasteiger partial charge in [0.1, 0.15) is 0 Å². The van der Waals surface area contributed by atoms with Gasteiger partial charge in [-0.15, -0.1) is 0 Å². The van der Waals surface area contributed by atoms with E-state index in [1.165, 1.54) is 16.7 Å². The van der Waals surface area contributed by atoms with Gasteiger partial charge in [0.2, 0.25) is 0 Å². The lowest BCUT2D eigenvalue weighted by Gasteiger charge is -2.15. The fraction of sp³-hybridized carbons (Fsp3) is 0.200. The van der Waals surface area contributed by atoms with E-state index in [1.807, 2.05) is 24.3 Å². The molecule has 1 atom stereocenters. The summed E-state index contributed by atoms with van der Waals surface area (Å²) in [6.45, 7) is 2.11. The number of rotatable bonds is 3. The monoisotopic (exact) mass is 289 g/mol. The molecule has 0 bridgehead atoms. The Bertz CT molecular complexity index is 508. The second-order valence-electron chi connectivity index (χ2n) is 4.26. The molecule has 2 heteroatoms. The van der Waals surface area contributed by atoms with Crippen LogP contribution in [-0.4, -0.2) is 0 Å². The highest BCUT2D eigenvalue weighted by Gasteiger charge is 2.10. The standard InChI is InChI=1S/C15H16BrN/c1-11-6-2-4-8-13(11)15(17)10-12-7-3-5-9-14(12)16/h2-9,15H,10,17H2,1H3. The highest BCUT2D eigenvalue weighted by atomic mass is 79.9. The van der Waals surface area contributed by atoms with E-state index in [1.54, 1.807) is 0 Å². The van der Waals surface area contributed by atoms with Gasteiger partial charge in [-0.1, -0.05) is 58.4 Å². The lowest BCUT2D eigenvalue weighted by Crippen LogP contribution is -2.14. The Labute approximate surface area is 111 Å². The van der Waals surface area contributed by atoms with Crippen LogP contribution in [-0.2, 0) is 6.42 Å². The summed E-state index contributed by atoms with van der Waals surface area (Å²) >= 11 is 3.56. The van der Waals surface area contributed by atoms with Crippen LogP contribution in [0.2, 0.25) is 0 Å². The number of benzene rings is 2. The maximum absolute atomic E-state index is 6.28. The van der Waals surface area contributed by atoms with Gasteiger partial charge in [-0.2, -0.15) is 0 Å². The molecule has 1 nitrogen and oxygen atoms in total. The Morgan fingerprint density at radius 1 is 1.06 bits per heavy atom. The second-order valence-corrected chi connectivity index (χ2v) is 5.11. The van der Waals surface area contributed by atoms with E-state index in [9.17, 15) is 0 Å². The molecule has 0 aliphatic rings. The van der Waals surface area contributed by atoms with Crippen LogP contribution >= 0.6 is 15.9 Å². The molecule has 2 rings (SSSR count). The molecular formula is C15H16BrN. The maximum Gasteiger partial charge on any atom is 0.0338 e. The zero-order valence-corrected chi connectivity index (χ0v) is 11.4. The third-order valence-electron chi connectivity index (χ3n) is 2.99. The van der Waals surface area contributed by atoms with Crippen molar-refractivity contribution in [1.29, 1.82) is 0 Å². The molecule has 88 valence electrons. The van der Waals surface area contributed by atoms with Crippen molar-refractivity contribution in [3.63, 3.8) is 0 Å². The fourth-order valence-electron chi connectivity index (χ4n) is 2.01. The van der Waals surface area contributed by atoms with Crippen molar-refractivity contribution in [3.05, 3.63) is 69.7 Å². The quantitative estimate of drug-likeness (QED) is 0.908. The van der Waals surface area contributed by atoms with Crippen molar-refractivity contribution in [2.75, 3.05) is 0 Å². The zero-order valence-electron chi connectivity index (χ0n) is 9.86. The van der Waals surface area contributed by atoms with Gasteiger partial charge in [-0.25, -0.2) is 0 Å². The van der Waals surface area contributed by atoms with Gasteiger partial charge in [-0.3, -0.25) is 0 Å². The van der Waals surface area contributed by atoms with Crippen LogP contribution in [0.1, 0.15) is 22.7 Å². The van der Waals surface area contributed by atoms with Crippen LogP contribution < -0.4 is 5.73 Å². The van der Waals surface area contributed by atoms with Crippen molar-refractivity contribution >= 4 is 15.9 Å². The minimum absolute atomic E-state index is 0.0508. The predicted octanol–water partition coefficient (Wildman–Crippen LogP) is 4.00. The average Bonchev–Trinajstić information content (AvgIpc) is 2.32. The molecule has 0 saturated heterocycles. The Hall–Kier alpha value is -1.12. The Kier molecular flexibility index (Phi) is 3.97. The summed E-state index contributed by atoms with van der Waals surface area (Å²) in [6, 6.07) is 16.6. The summed E-state index contributed by atoms with van der Waals surface area (Å²) in [4.78, 5) is 0. The molecule has 17 heavy (non-hydrogen) atoms. The molecule has 2 aromatic carbocycles. The lowest BCUT2D eigenvalue weighted by molar-refractivity contribution is 0.715. The SMILES string of the molecule is Cc1ccccc1C(N)Cc1ccccc1Br. The maximum atomic E-state index is 6.28. The summed E-state index contributed by atoms with van der Waals surface area (Å²) in [6.07, 6.45) is 0.853. The van der Waals surface area contributed by atoms with Gasteiger partial charge < -0.3 is 5.73 Å². The minimum atomic E-state index is 0.0508. The Morgan fingerprint density at radius 2 is 1.71 bits per heavy atom. The fourth-order valence-corrected chi connectivity index (χ4v) is 2.46. The van der Waals surface area contributed by atoms with Crippen LogP contribution in [0.5, 0.6) is 0 Å². The molecule has 0 fully saturated rings. The van der Waals surface area contributed by atoms with Gasteiger partial charge in [-0.05, 0) is 36.1 Å². The summed E-state index contributed by atoms with van der Waals surface area (Å²) in [5.41, 5.74) is 10.0. The van der Waals surface area contributed by atoms with Crippen LogP contribution in [0.15, 0.2) is 53.0 Å². The number of halogens is 1. The average molecular weight is 290 g/mol. The minimum Gasteiger partial charge on any atom is -0.324 e. The molecule has 2 aromatic rings.